The Balaban J connectivity index is 1.84. The van der Waals surface area contributed by atoms with Crippen molar-refractivity contribution in [1.29, 1.82) is 0 Å². The fourth-order valence-corrected chi connectivity index (χ4v) is 1.71. The van der Waals surface area contributed by atoms with Gasteiger partial charge in [-0.25, -0.2) is 8.78 Å². The van der Waals surface area contributed by atoms with Crippen molar-refractivity contribution in [3.63, 3.8) is 0 Å². The normalized spacial score (nSPS) is 10.3. The van der Waals surface area contributed by atoms with Crippen molar-refractivity contribution in [3.05, 3.63) is 59.7 Å². The molecule has 5 heteroatoms. The van der Waals surface area contributed by atoms with Crippen LogP contribution in [0.25, 0.3) is 0 Å². The molecule has 20 heavy (non-hydrogen) atoms. The molecule has 0 saturated heterocycles. The van der Waals surface area contributed by atoms with Gasteiger partial charge in [-0.1, -0.05) is 18.2 Å². The molecule has 0 aliphatic carbocycles. The van der Waals surface area contributed by atoms with Gasteiger partial charge in [0.1, 0.15) is 24.8 Å². The number of para-hydroxylation sites is 1. The van der Waals surface area contributed by atoms with Crippen LogP contribution >= 0.6 is 0 Å². The van der Waals surface area contributed by atoms with E-state index in [0.717, 1.165) is 17.7 Å². The van der Waals surface area contributed by atoms with E-state index in [9.17, 15) is 8.78 Å². The van der Waals surface area contributed by atoms with Crippen LogP contribution in [0.2, 0.25) is 0 Å². The van der Waals surface area contributed by atoms with Crippen LogP contribution in [0.1, 0.15) is 5.56 Å². The fraction of sp³-hybridized carbons (Fsp3) is 0.200. The summed E-state index contributed by atoms with van der Waals surface area (Å²) in [5.74, 6) is -0.685. The van der Waals surface area contributed by atoms with Gasteiger partial charge < -0.3 is 15.2 Å². The van der Waals surface area contributed by atoms with Crippen molar-refractivity contribution in [2.24, 2.45) is 5.73 Å². The number of rotatable bonds is 6. The van der Waals surface area contributed by atoms with E-state index in [4.69, 9.17) is 15.2 Å². The molecule has 106 valence electrons. The maximum absolute atomic E-state index is 13.3. The Hall–Kier alpha value is -2.14. The molecule has 0 aromatic heterocycles. The number of ether oxygens (including phenoxy) is 2. The zero-order valence-corrected chi connectivity index (χ0v) is 10.8. The summed E-state index contributed by atoms with van der Waals surface area (Å²) in [4.78, 5) is 0. The van der Waals surface area contributed by atoms with Gasteiger partial charge in [0.25, 0.3) is 0 Å². The molecule has 2 aromatic rings. The first-order valence-electron chi connectivity index (χ1n) is 6.19. The van der Waals surface area contributed by atoms with Crippen molar-refractivity contribution in [2.75, 3.05) is 13.2 Å². The molecule has 0 unspecified atom stereocenters. The molecule has 0 amide bonds. The standard InChI is InChI=1S/C15H15F2NO2/c16-12-5-6-15(13(17)9-12)20-8-7-19-14-4-2-1-3-11(14)10-18/h1-6,9H,7-8,10,18H2. The van der Waals surface area contributed by atoms with Crippen LogP contribution in [0.5, 0.6) is 11.5 Å². The summed E-state index contributed by atoms with van der Waals surface area (Å²) in [5, 5.41) is 0. The second-order valence-corrected chi connectivity index (χ2v) is 4.08. The SMILES string of the molecule is NCc1ccccc1OCCOc1ccc(F)cc1F. The molecular weight excluding hydrogens is 264 g/mol. The average molecular weight is 279 g/mol. The third-order valence-electron chi connectivity index (χ3n) is 2.68. The minimum atomic E-state index is -0.729. The lowest BCUT2D eigenvalue weighted by molar-refractivity contribution is 0.210. The van der Waals surface area contributed by atoms with Gasteiger partial charge >= 0.3 is 0 Å². The Bertz CT molecular complexity index is 576. The third kappa shape index (κ3) is 3.68. The molecule has 0 heterocycles. The zero-order valence-electron chi connectivity index (χ0n) is 10.8. The van der Waals surface area contributed by atoms with Crippen LogP contribution in [0.4, 0.5) is 8.78 Å². The Labute approximate surface area is 115 Å². The lowest BCUT2D eigenvalue weighted by atomic mass is 10.2. The van der Waals surface area contributed by atoms with E-state index in [0.29, 0.717) is 12.3 Å². The summed E-state index contributed by atoms with van der Waals surface area (Å²) in [6, 6.07) is 10.6. The lowest BCUT2D eigenvalue weighted by Crippen LogP contribution is -2.11. The van der Waals surface area contributed by atoms with Crippen molar-refractivity contribution in [3.8, 4) is 11.5 Å². The van der Waals surface area contributed by atoms with Gasteiger partial charge in [0.15, 0.2) is 11.6 Å². The second-order valence-electron chi connectivity index (χ2n) is 4.08. The van der Waals surface area contributed by atoms with Crippen molar-refractivity contribution >= 4 is 0 Å². The average Bonchev–Trinajstić information content (AvgIpc) is 2.46. The van der Waals surface area contributed by atoms with E-state index in [2.05, 4.69) is 0 Å². The summed E-state index contributed by atoms with van der Waals surface area (Å²) >= 11 is 0. The molecule has 0 aliphatic rings. The van der Waals surface area contributed by atoms with Crippen LogP contribution in [0.3, 0.4) is 0 Å². The Morgan fingerprint density at radius 1 is 0.900 bits per heavy atom. The van der Waals surface area contributed by atoms with Gasteiger partial charge in [-0.2, -0.15) is 0 Å². The van der Waals surface area contributed by atoms with Gasteiger partial charge in [-0.3, -0.25) is 0 Å². The van der Waals surface area contributed by atoms with Gasteiger partial charge in [-0.15, -0.1) is 0 Å². The Morgan fingerprint density at radius 2 is 1.60 bits per heavy atom. The molecule has 2 N–H and O–H groups in total. The molecule has 0 aliphatic heterocycles. The molecule has 2 rings (SSSR count). The molecule has 0 saturated carbocycles. The van der Waals surface area contributed by atoms with Crippen LogP contribution < -0.4 is 15.2 Å². The molecule has 0 fully saturated rings. The zero-order chi connectivity index (χ0) is 14.4. The van der Waals surface area contributed by atoms with Crippen molar-refractivity contribution < 1.29 is 18.3 Å². The molecule has 2 aromatic carbocycles. The molecular formula is C15H15F2NO2. The van der Waals surface area contributed by atoms with Crippen LogP contribution in [0.15, 0.2) is 42.5 Å². The van der Waals surface area contributed by atoms with Gasteiger partial charge in [0.2, 0.25) is 0 Å². The van der Waals surface area contributed by atoms with Crippen LogP contribution in [-0.4, -0.2) is 13.2 Å². The van der Waals surface area contributed by atoms with E-state index in [-0.39, 0.29) is 19.0 Å². The van der Waals surface area contributed by atoms with Crippen molar-refractivity contribution in [2.45, 2.75) is 6.54 Å². The topological polar surface area (TPSA) is 44.5 Å². The molecule has 0 bridgehead atoms. The molecule has 3 nitrogen and oxygen atoms in total. The predicted molar refractivity (Wildman–Crippen MR) is 71.7 cm³/mol. The number of hydrogen-bond acceptors (Lipinski definition) is 3. The number of hydrogen-bond donors (Lipinski definition) is 1. The Kier molecular flexibility index (Phi) is 4.90. The van der Waals surface area contributed by atoms with Gasteiger partial charge in [-0.05, 0) is 18.2 Å². The van der Waals surface area contributed by atoms with E-state index in [1.165, 1.54) is 6.07 Å². The minimum absolute atomic E-state index is 0.00195. The number of benzene rings is 2. The molecule has 0 radical (unpaired) electrons. The van der Waals surface area contributed by atoms with Gasteiger partial charge in [0.05, 0.1) is 0 Å². The summed E-state index contributed by atoms with van der Waals surface area (Å²) < 4.78 is 36.7. The molecule has 0 spiro atoms. The predicted octanol–water partition coefficient (Wildman–Crippen LogP) is 2.88. The summed E-state index contributed by atoms with van der Waals surface area (Å²) in [5.41, 5.74) is 6.47. The summed E-state index contributed by atoms with van der Waals surface area (Å²) in [6.07, 6.45) is 0. The monoisotopic (exact) mass is 279 g/mol. The summed E-state index contributed by atoms with van der Waals surface area (Å²) in [6.45, 7) is 0.777. The first-order chi connectivity index (χ1) is 9.70. The molecule has 0 atom stereocenters. The van der Waals surface area contributed by atoms with Crippen LogP contribution in [-0.2, 0) is 6.54 Å². The fourth-order valence-electron chi connectivity index (χ4n) is 1.71. The van der Waals surface area contributed by atoms with Crippen molar-refractivity contribution in [1.82, 2.24) is 0 Å². The largest absolute Gasteiger partial charge is 0.490 e. The summed E-state index contributed by atoms with van der Waals surface area (Å²) in [7, 11) is 0. The highest BCUT2D eigenvalue weighted by Crippen LogP contribution is 2.19. The minimum Gasteiger partial charge on any atom is -0.490 e. The Morgan fingerprint density at radius 3 is 2.30 bits per heavy atom. The van der Waals surface area contributed by atoms with E-state index >= 15 is 0 Å². The van der Waals surface area contributed by atoms with Crippen LogP contribution in [0, 0.1) is 11.6 Å². The number of nitrogens with two attached hydrogens (primary N) is 1. The van der Waals surface area contributed by atoms with E-state index < -0.39 is 11.6 Å². The van der Waals surface area contributed by atoms with Gasteiger partial charge in [0, 0.05) is 18.2 Å². The first-order valence-corrected chi connectivity index (χ1v) is 6.19. The highest BCUT2D eigenvalue weighted by Gasteiger charge is 2.05. The second kappa shape index (κ2) is 6.86. The van der Waals surface area contributed by atoms with E-state index in [1.54, 1.807) is 6.07 Å². The first kappa shape index (κ1) is 14.3. The number of halogens is 2. The smallest absolute Gasteiger partial charge is 0.167 e. The van der Waals surface area contributed by atoms with E-state index in [1.807, 2.05) is 18.2 Å². The highest BCUT2D eigenvalue weighted by atomic mass is 19.1. The maximum atomic E-state index is 13.3. The maximum Gasteiger partial charge on any atom is 0.167 e. The quantitative estimate of drug-likeness (QED) is 0.827. The third-order valence-corrected chi connectivity index (χ3v) is 2.68. The lowest BCUT2D eigenvalue weighted by Gasteiger charge is -2.11. The highest BCUT2D eigenvalue weighted by molar-refractivity contribution is 5.33.